The smallest absolute Gasteiger partial charge is 0.0355 e. The Morgan fingerprint density at radius 1 is 0.708 bits per heavy atom. The Morgan fingerprint density at radius 2 is 1.42 bits per heavy atom. The van der Waals surface area contributed by atoms with Crippen molar-refractivity contribution in [2.45, 2.75) is 6.92 Å². The summed E-state index contributed by atoms with van der Waals surface area (Å²) in [4.78, 5) is 1.33. The molecule has 4 aromatic rings. The molecular formula is C23H18S. The number of hydrogen-bond donors (Lipinski definition) is 0. The van der Waals surface area contributed by atoms with Crippen LogP contribution < -0.4 is 0 Å². The maximum absolute atomic E-state index is 2.29. The molecule has 0 unspecified atom stereocenters. The molecule has 4 rings (SSSR count). The lowest BCUT2D eigenvalue weighted by Crippen LogP contribution is -1.75. The largest absolute Gasteiger partial charge is 0.135 e. The van der Waals surface area contributed by atoms with E-state index in [0.717, 1.165) is 0 Å². The fourth-order valence-electron chi connectivity index (χ4n) is 2.82. The molecule has 0 bridgehead atoms. The molecule has 0 nitrogen and oxygen atoms in total. The summed E-state index contributed by atoms with van der Waals surface area (Å²) in [6, 6.07) is 28.1. The molecule has 1 aromatic heterocycles. The quantitative estimate of drug-likeness (QED) is 0.354. The minimum Gasteiger partial charge on any atom is -0.135 e. The first-order chi connectivity index (χ1) is 11.8. The molecule has 0 spiro atoms. The average Bonchev–Trinajstić information content (AvgIpc) is 3.04. The van der Waals surface area contributed by atoms with Crippen molar-refractivity contribution in [3.8, 4) is 10.4 Å². The van der Waals surface area contributed by atoms with Gasteiger partial charge in [-0.3, -0.25) is 0 Å². The van der Waals surface area contributed by atoms with E-state index >= 15 is 0 Å². The lowest BCUT2D eigenvalue weighted by atomic mass is 10.1. The van der Waals surface area contributed by atoms with Gasteiger partial charge < -0.3 is 0 Å². The maximum atomic E-state index is 2.29. The van der Waals surface area contributed by atoms with Crippen molar-refractivity contribution >= 4 is 33.6 Å². The second-order valence-electron chi connectivity index (χ2n) is 6.02. The molecule has 24 heavy (non-hydrogen) atoms. The van der Waals surface area contributed by atoms with E-state index in [-0.39, 0.29) is 0 Å². The number of rotatable bonds is 3. The van der Waals surface area contributed by atoms with Crippen LogP contribution in [0.4, 0.5) is 0 Å². The highest BCUT2D eigenvalue weighted by molar-refractivity contribution is 7.22. The van der Waals surface area contributed by atoms with Gasteiger partial charge in [0.15, 0.2) is 0 Å². The van der Waals surface area contributed by atoms with Crippen LogP contribution in [0.1, 0.15) is 16.7 Å². The first-order valence-electron chi connectivity index (χ1n) is 8.12. The van der Waals surface area contributed by atoms with Gasteiger partial charge in [-0.25, -0.2) is 0 Å². The van der Waals surface area contributed by atoms with E-state index in [0.29, 0.717) is 0 Å². The van der Waals surface area contributed by atoms with Crippen LogP contribution in [0.3, 0.4) is 0 Å². The summed E-state index contributed by atoms with van der Waals surface area (Å²) in [6.07, 6.45) is 4.31. The average molecular weight is 326 g/mol. The molecule has 1 heteroatoms. The summed E-state index contributed by atoms with van der Waals surface area (Å²) < 4.78 is 1.35. The fraction of sp³-hybridized carbons (Fsp3) is 0.0435. The van der Waals surface area contributed by atoms with Crippen molar-refractivity contribution in [1.29, 1.82) is 0 Å². The zero-order valence-corrected chi connectivity index (χ0v) is 14.4. The highest BCUT2D eigenvalue weighted by atomic mass is 32.1. The molecule has 3 aromatic carbocycles. The van der Waals surface area contributed by atoms with E-state index in [2.05, 4.69) is 91.9 Å². The zero-order chi connectivity index (χ0) is 16.4. The van der Waals surface area contributed by atoms with E-state index in [1.807, 2.05) is 17.4 Å². The number of aryl methyl sites for hydroxylation is 1. The molecule has 0 fully saturated rings. The lowest BCUT2D eigenvalue weighted by molar-refractivity contribution is 1.51. The van der Waals surface area contributed by atoms with E-state index in [1.165, 1.54) is 37.2 Å². The van der Waals surface area contributed by atoms with Crippen molar-refractivity contribution in [2.75, 3.05) is 0 Å². The van der Waals surface area contributed by atoms with Crippen LogP contribution in [0.2, 0.25) is 0 Å². The minimum atomic E-state index is 1.22. The molecule has 0 saturated heterocycles. The van der Waals surface area contributed by atoms with Gasteiger partial charge in [0, 0.05) is 9.58 Å². The van der Waals surface area contributed by atoms with E-state index in [9.17, 15) is 0 Å². The normalized spacial score (nSPS) is 11.4. The van der Waals surface area contributed by atoms with Crippen molar-refractivity contribution in [1.82, 2.24) is 0 Å². The summed E-state index contributed by atoms with van der Waals surface area (Å²) in [6.45, 7) is 2.14. The highest BCUT2D eigenvalue weighted by Gasteiger charge is 2.04. The monoisotopic (exact) mass is 326 g/mol. The van der Waals surface area contributed by atoms with Crippen molar-refractivity contribution < 1.29 is 0 Å². The minimum absolute atomic E-state index is 1.22. The Morgan fingerprint density at radius 3 is 2.17 bits per heavy atom. The van der Waals surface area contributed by atoms with E-state index in [4.69, 9.17) is 0 Å². The SMILES string of the molecule is Cc1ccc2sc(-c3ccc(/C=C/c4ccccc4)cc3)cc2c1. The molecule has 0 saturated carbocycles. The van der Waals surface area contributed by atoms with Gasteiger partial charge in [-0.05, 0) is 41.1 Å². The van der Waals surface area contributed by atoms with Gasteiger partial charge in [-0.2, -0.15) is 0 Å². The molecule has 0 aliphatic rings. The van der Waals surface area contributed by atoms with Crippen LogP contribution in [0.15, 0.2) is 78.9 Å². The fourth-order valence-corrected chi connectivity index (χ4v) is 3.87. The van der Waals surface area contributed by atoms with Crippen LogP contribution >= 0.6 is 11.3 Å². The zero-order valence-electron chi connectivity index (χ0n) is 13.6. The third-order valence-electron chi connectivity index (χ3n) is 4.13. The van der Waals surface area contributed by atoms with Crippen LogP contribution in [-0.2, 0) is 0 Å². The Labute approximate surface area is 146 Å². The highest BCUT2D eigenvalue weighted by Crippen LogP contribution is 2.34. The Balaban J connectivity index is 1.59. The summed E-state index contributed by atoms with van der Waals surface area (Å²) in [5, 5.41) is 1.34. The summed E-state index contributed by atoms with van der Waals surface area (Å²) >= 11 is 1.86. The van der Waals surface area contributed by atoms with Gasteiger partial charge in [0.1, 0.15) is 0 Å². The molecule has 116 valence electrons. The number of fused-ring (bicyclic) bond motifs is 1. The van der Waals surface area contributed by atoms with Crippen LogP contribution in [0.25, 0.3) is 32.7 Å². The van der Waals surface area contributed by atoms with Crippen molar-refractivity contribution in [2.24, 2.45) is 0 Å². The Hall–Kier alpha value is -2.64. The van der Waals surface area contributed by atoms with Gasteiger partial charge in [-0.15, -0.1) is 11.3 Å². The van der Waals surface area contributed by atoms with Gasteiger partial charge in [0.05, 0.1) is 0 Å². The molecule has 1 heterocycles. The molecule has 0 aliphatic heterocycles. The van der Waals surface area contributed by atoms with E-state index < -0.39 is 0 Å². The Bertz CT molecular complexity index is 989. The topological polar surface area (TPSA) is 0 Å². The van der Waals surface area contributed by atoms with Crippen LogP contribution in [0, 0.1) is 6.92 Å². The standard InChI is InChI=1S/C23H18S/c1-17-7-14-22-21(15-17)16-23(24-22)20-12-10-19(11-13-20)9-8-18-5-3-2-4-6-18/h2-16H,1H3/b9-8+. The third-order valence-corrected chi connectivity index (χ3v) is 5.30. The van der Waals surface area contributed by atoms with Crippen LogP contribution in [-0.4, -0.2) is 0 Å². The first kappa shape index (κ1) is 14.9. The molecule has 0 atom stereocenters. The lowest BCUT2D eigenvalue weighted by Gasteiger charge is -1.99. The summed E-state index contributed by atoms with van der Waals surface area (Å²) in [5.74, 6) is 0. The third kappa shape index (κ3) is 3.17. The van der Waals surface area contributed by atoms with E-state index in [1.54, 1.807) is 0 Å². The number of hydrogen-bond acceptors (Lipinski definition) is 1. The summed E-state index contributed by atoms with van der Waals surface area (Å²) in [5.41, 5.74) is 5.04. The second kappa shape index (κ2) is 6.46. The first-order valence-corrected chi connectivity index (χ1v) is 8.93. The predicted molar refractivity (Wildman–Crippen MR) is 107 cm³/mol. The van der Waals surface area contributed by atoms with Gasteiger partial charge in [0.2, 0.25) is 0 Å². The second-order valence-corrected chi connectivity index (χ2v) is 7.10. The number of thiophene rings is 1. The summed E-state index contributed by atoms with van der Waals surface area (Å²) in [7, 11) is 0. The predicted octanol–water partition coefficient (Wildman–Crippen LogP) is 7.05. The maximum Gasteiger partial charge on any atom is 0.0355 e. The molecule has 0 radical (unpaired) electrons. The molecular weight excluding hydrogens is 308 g/mol. The van der Waals surface area contributed by atoms with Crippen LogP contribution in [0.5, 0.6) is 0 Å². The molecule has 0 N–H and O–H groups in total. The van der Waals surface area contributed by atoms with Gasteiger partial charge >= 0.3 is 0 Å². The number of benzene rings is 3. The Kier molecular flexibility index (Phi) is 4.02. The van der Waals surface area contributed by atoms with Gasteiger partial charge in [-0.1, -0.05) is 84.4 Å². The van der Waals surface area contributed by atoms with Crippen molar-refractivity contribution in [3.05, 3.63) is 95.6 Å². The van der Waals surface area contributed by atoms with Gasteiger partial charge in [0.25, 0.3) is 0 Å². The molecule has 0 amide bonds. The molecule has 0 aliphatic carbocycles. The van der Waals surface area contributed by atoms with Crippen molar-refractivity contribution in [3.63, 3.8) is 0 Å².